The van der Waals surface area contributed by atoms with Gasteiger partial charge in [-0.05, 0) is 37.3 Å². The van der Waals surface area contributed by atoms with Crippen LogP contribution < -0.4 is 10.2 Å². The van der Waals surface area contributed by atoms with Crippen molar-refractivity contribution in [2.45, 2.75) is 23.5 Å². The zero-order valence-corrected chi connectivity index (χ0v) is 17.4. The molecule has 4 rings (SSSR count). The molecule has 0 aliphatic carbocycles. The Bertz CT molecular complexity index is 1080. The van der Waals surface area contributed by atoms with E-state index < -0.39 is 22.9 Å². The maximum atomic E-state index is 13.3. The van der Waals surface area contributed by atoms with Crippen molar-refractivity contribution in [2.24, 2.45) is 0 Å². The number of benzene rings is 1. The predicted octanol–water partition coefficient (Wildman–Crippen LogP) is 3.70. The van der Waals surface area contributed by atoms with Gasteiger partial charge in [-0.15, -0.1) is 10.2 Å². The maximum Gasteiger partial charge on any atom is 0.416 e. The van der Waals surface area contributed by atoms with E-state index in [1.54, 1.807) is 23.6 Å². The van der Waals surface area contributed by atoms with Gasteiger partial charge in [-0.25, -0.2) is 0 Å². The fraction of sp³-hybridized carbons (Fsp3) is 0.350. The van der Waals surface area contributed by atoms with Crippen LogP contribution in [0, 0.1) is 0 Å². The number of thioether (sulfide) groups is 1. The van der Waals surface area contributed by atoms with Crippen molar-refractivity contribution in [1.82, 2.24) is 14.6 Å². The van der Waals surface area contributed by atoms with E-state index in [0.29, 0.717) is 42.8 Å². The maximum absolute atomic E-state index is 13.3. The summed E-state index contributed by atoms with van der Waals surface area (Å²) in [4.78, 5) is 14.8. The van der Waals surface area contributed by atoms with Crippen molar-refractivity contribution in [1.29, 1.82) is 0 Å². The lowest BCUT2D eigenvalue weighted by atomic mass is 10.1. The highest BCUT2D eigenvalue weighted by Gasteiger charge is 2.32. The first-order chi connectivity index (χ1) is 14.8. The number of amides is 1. The van der Waals surface area contributed by atoms with Gasteiger partial charge in [0.2, 0.25) is 5.91 Å². The zero-order chi connectivity index (χ0) is 22.0. The molecule has 1 aromatic carbocycles. The van der Waals surface area contributed by atoms with E-state index in [9.17, 15) is 18.0 Å². The van der Waals surface area contributed by atoms with Gasteiger partial charge < -0.3 is 15.0 Å². The highest BCUT2D eigenvalue weighted by molar-refractivity contribution is 8.00. The van der Waals surface area contributed by atoms with Gasteiger partial charge in [-0.1, -0.05) is 17.8 Å². The van der Waals surface area contributed by atoms with Gasteiger partial charge in [0, 0.05) is 19.3 Å². The van der Waals surface area contributed by atoms with Crippen LogP contribution in [0.4, 0.5) is 24.5 Å². The van der Waals surface area contributed by atoms with Gasteiger partial charge >= 0.3 is 6.18 Å². The Morgan fingerprint density at radius 3 is 2.71 bits per heavy atom. The number of halogens is 3. The summed E-state index contributed by atoms with van der Waals surface area (Å²) in [6, 6.07) is 8.85. The zero-order valence-electron chi connectivity index (χ0n) is 16.6. The number of carbonyl (C=O) groups is 1. The summed E-state index contributed by atoms with van der Waals surface area (Å²) in [7, 11) is 0. The van der Waals surface area contributed by atoms with Crippen LogP contribution in [0.2, 0.25) is 0 Å². The van der Waals surface area contributed by atoms with Crippen LogP contribution in [0.5, 0.6) is 0 Å². The molecule has 7 nitrogen and oxygen atoms in total. The first-order valence-electron chi connectivity index (χ1n) is 9.64. The Morgan fingerprint density at radius 1 is 1.19 bits per heavy atom. The second-order valence-electron chi connectivity index (χ2n) is 6.99. The lowest BCUT2D eigenvalue weighted by Crippen LogP contribution is -2.37. The lowest BCUT2D eigenvalue weighted by molar-refractivity contribution is -0.137. The van der Waals surface area contributed by atoms with Crippen LogP contribution in [0.15, 0.2) is 47.8 Å². The number of alkyl halides is 3. The predicted molar refractivity (Wildman–Crippen MR) is 111 cm³/mol. The molecule has 3 aromatic rings. The molecule has 11 heteroatoms. The second kappa shape index (κ2) is 8.75. The molecule has 1 fully saturated rings. The molecule has 0 bridgehead atoms. The highest BCUT2D eigenvalue weighted by Crippen LogP contribution is 2.36. The van der Waals surface area contributed by atoms with Crippen molar-refractivity contribution < 1.29 is 22.7 Å². The summed E-state index contributed by atoms with van der Waals surface area (Å²) in [5, 5.41) is 10.7. The fourth-order valence-corrected chi connectivity index (χ4v) is 4.08. The Labute approximate surface area is 180 Å². The topological polar surface area (TPSA) is 71.8 Å². The quantitative estimate of drug-likeness (QED) is 0.597. The van der Waals surface area contributed by atoms with Crippen LogP contribution in [-0.2, 0) is 15.7 Å². The third-order valence-corrected chi connectivity index (χ3v) is 5.92. The molecule has 3 heterocycles. The third kappa shape index (κ3) is 4.77. The molecule has 2 aromatic heterocycles. The standard InChI is InChI=1S/C20H20F3N5O2S/c1-13(31-19-26-25-17-4-2-3-7-28(17)19)18(29)24-15-12-14(20(21,22)23)5-6-16(15)27-8-10-30-11-9-27/h2-7,12-13H,8-11H2,1H3,(H,24,29)/t13-/m1/s1. The number of pyridine rings is 1. The van der Waals surface area contributed by atoms with Crippen molar-refractivity contribution in [3.63, 3.8) is 0 Å². The smallest absolute Gasteiger partial charge is 0.378 e. The Balaban J connectivity index is 1.56. The minimum atomic E-state index is -4.51. The molecular formula is C20H20F3N5O2S. The Hall–Kier alpha value is -2.79. The van der Waals surface area contributed by atoms with E-state index in [4.69, 9.17) is 4.74 Å². The molecule has 0 unspecified atom stereocenters. The average Bonchev–Trinajstić information content (AvgIpc) is 3.16. The Kier molecular flexibility index (Phi) is 6.05. The molecule has 0 spiro atoms. The van der Waals surface area contributed by atoms with E-state index in [1.165, 1.54) is 17.8 Å². The number of anilines is 2. The van der Waals surface area contributed by atoms with E-state index in [-0.39, 0.29) is 5.69 Å². The molecule has 1 saturated heterocycles. The van der Waals surface area contributed by atoms with Crippen molar-refractivity contribution in [3.8, 4) is 0 Å². The molecule has 1 aliphatic rings. The second-order valence-corrected chi connectivity index (χ2v) is 8.30. The third-order valence-electron chi connectivity index (χ3n) is 4.87. The number of nitrogens with one attached hydrogen (secondary N) is 1. The largest absolute Gasteiger partial charge is 0.416 e. The number of nitrogens with zero attached hydrogens (tertiary/aromatic N) is 4. The number of carbonyl (C=O) groups excluding carboxylic acids is 1. The molecule has 31 heavy (non-hydrogen) atoms. The van der Waals surface area contributed by atoms with Crippen LogP contribution in [0.25, 0.3) is 5.65 Å². The summed E-state index contributed by atoms with van der Waals surface area (Å²) in [6.07, 6.45) is -2.73. The van der Waals surface area contributed by atoms with E-state index in [0.717, 1.165) is 12.1 Å². The average molecular weight is 451 g/mol. The van der Waals surface area contributed by atoms with Crippen LogP contribution in [0.1, 0.15) is 12.5 Å². The lowest BCUT2D eigenvalue weighted by Gasteiger charge is -2.31. The number of hydrogen-bond donors (Lipinski definition) is 1. The normalized spacial score (nSPS) is 15.8. The summed E-state index contributed by atoms with van der Waals surface area (Å²) in [5.41, 5.74) is 0.490. The summed E-state index contributed by atoms with van der Waals surface area (Å²) < 4.78 is 46.9. The monoisotopic (exact) mass is 451 g/mol. The van der Waals surface area contributed by atoms with E-state index in [1.807, 2.05) is 17.0 Å². The Morgan fingerprint density at radius 2 is 1.97 bits per heavy atom. The van der Waals surface area contributed by atoms with E-state index in [2.05, 4.69) is 15.5 Å². The summed E-state index contributed by atoms with van der Waals surface area (Å²) in [5.74, 6) is -0.425. The van der Waals surface area contributed by atoms with Gasteiger partial charge in [0.05, 0.1) is 35.4 Å². The van der Waals surface area contributed by atoms with E-state index >= 15 is 0 Å². The number of rotatable bonds is 5. The van der Waals surface area contributed by atoms with Crippen molar-refractivity contribution >= 4 is 34.7 Å². The molecule has 1 atom stereocenters. The number of ether oxygens (including phenoxy) is 1. The van der Waals surface area contributed by atoms with Gasteiger partial charge in [0.15, 0.2) is 10.8 Å². The molecule has 0 radical (unpaired) electrons. The van der Waals surface area contributed by atoms with Gasteiger partial charge in [-0.3, -0.25) is 9.20 Å². The van der Waals surface area contributed by atoms with Crippen LogP contribution in [-0.4, -0.2) is 52.1 Å². The minimum absolute atomic E-state index is 0.125. The molecule has 164 valence electrons. The minimum Gasteiger partial charge on any atom is -0.378 e. The van der Waals surface area contributed by atoms with Crippen molar-refractivity contribution in [2.75, 3.05) is 36.5 Å². The number of hydrogen-bond acceptors (Lipinski definition) is 6. The van der Waals surface area contributed by atoms with Crippen LogP contribution >= 0.6 is 11.8 Å². The number of aromatic nitrogens is 3. The summed E-state index contributed by atoms with van der Waals surface area (Å²) >= 11 is 1.18. The molecule has 1 aliphatic heterocycles. The first-order valence-corrected chi connectivity index (χ1v) is 10.5. The first kappa shape index (κ1) is 21.4. The highest BCUT2D eigenvalue weighted by atomic mass is 32.2. The van der Waals surface area contributed by atoms with Gasteiger partial charge in [0.1, 0.15) is 0 Å². The van der Waals surface area contributed by atoms with Crippen molar-refractivity contribution in [3.05, 3.63) is 48.2 Å². The number of morpholine rings is 1. The van der Waals surface area contributed by atoms with Gasteiger partial charge in [0.25, 0.3) is 0 Å². The van der Waals surface area contributed by atoms with Gasteiger partial charge in [-0.2, -0.15) is 13.2 Å². The fourth-order valence-electron chi connectivity index (χ4n) is 3.24. The summed E-state index contributed by atoms with van der Waals surface area (Å²) in [6.45, 7) is 3.68. The molecule has 0 saturated carbocycles. The van der Waals surface area contributed by atoms with Crippen LogP contribution in [0.3, 0.4) is 0 Å². The molecular weight excluding hydrogens is 431 g/mol. The molecule has 1 N–H and O–H groups in total. The SMILES string of the molecule is C[C@@H](Sc1nnc2ccccn12)C(=O)Nc1cc(C(F)(F)F)ccc1N1CCOCC1. The number of fused-ring (bicyclic) bond motifs is 1. The molecule has 1 amide bonds.